The van der Waals surface area contributed by atoms with Crippen molar-refractivity contribution in [2.75, 3.05) is 19.4 Å². The highest BCUT2D eigenvalue weighted by atomic mass is 32.2. The summed E-state index contributed by atoms with van der Waals surface area (Å²) in [6.45, 7) is 2.20. The molecule has 0 bridgehead atoms. The summed E-state index contributed by atoms with van der Waals surface area (Å²) < 4.78 is 30.2. The molecule has 0 spiro atoms. The Morgan fingerprint density at radius 1 is 1.25 bits per heavy atom. The Morgan fingerprint density at radius 3 is 2.50 bits per heavy atom. The van der Waals surface area contributed by atoms with Gasteiger partial charge in [0.1, 0.15) is 16.5 Å². The van der Waals surface area contributed by atoms with Crippen LogP contribution in [-0.4, -0.2) is 36.8 Å². The molecule has 2 aromatic rings. The first-order valence-corrected chi connectivity index (χ1v) is 7.37. The largest absolute Gasteiger partial charge is 0.444 e. The molecule has 0 fully saturated rings. The molecule has 0 aromatic carbocycles. The number of sulfonamides is 1. The lowest BCUT2D eigenvalue weighted by atomic mass is 10.4. The van der Waals surface area contributed by atoms with E-state index in [4.69, 9.17) is 4.42 Å². The normalized spacial score (nSPS) is 11.8. The zero-order valence-electron chi connectivity index (χ0n) is 11.5. The molecule has 1 N–H and O–H groups in total. The maximum absolute atomic E-state index is 11.9. The van der Waals surface area contributed by atoms with E-state index in [1.807, 2.05) is 6.92 Å². The van der Waals surface area contributed by atoms with Crippen LogP contribution in [-0.2, 0) is 16.6 Å². The highest BCUT2D eigenvalue weighted by molar-refractivity contribution is 7.89. The number of rotatable bonds is 5. The highest BCUT2D eigenvalue weighted by Crippen LogP contribution is 2.14. The summed E-state index contributed by atoms with van der Waals surface area (Å²) in [6.07, 6.45) is 2.95. The molecule has 0 radical (unpaired) electrons. The molecule has 2 heterocycles. The lowest BCUT2D eigenvalue weighted by Gasteiger charge is -2.11. The van der Waals surface area contributed by atoms with E-state index in [2.05, 4.69) is 15.3 Å². The van der Waals surface area contributed by atoms with Crippen LogP contribution >= 0.6 is 0 Å². The second-order valence-electron chi connectivity index (χ2n) is 4.38. The maximum atomic E-state index is 11.9. The molecule has 108 valence electrons. The summed E-state index contributed by atoms with van der Waals surface area (Å²) in [5, 5.41) is 3.01. The molecule has 0 atom stereocenters. The van der Waals surface area contributed by atoms with Crippen LogP contribution in [0.15, 0.2) is 33.8 Å². The van der Waals surface area contributed by atoms with Crippen molar-refractivity contribution < 1.29 is 12.8 Å². The minimum atomic E-state index is -3.45. The number of aromatic nitrogens is 2. The second-order valence-corrected chi connectivity index (χ2v) is 6.54. The van der Waals surface area contributed by atoms with Gasteiger partial charge in [-0.05, 0) is 19.1 Å². The topological polar surface area (TPSA) is 88.3 Å². The third kappa shape index (κ3) is 3.14. The zero-order valence-corrected chi connectivity index (χ0v) is 12.3. The molecule has 0 saturated heterocycles. The van der Waals surface area contributed by atoms with Crippen LogP contribution in [0.25, 0.3) is 0 Å². The Morgan fingerprint density at radius 2 is 2.00 bits per heavy atom. The standard InChI is InChI=1S/C12H16N4O3S/c1-9-6-15-12(19-9)8-14-11-5-4-10(7-13-11)20(17,18)16(2)3/h4-7H,8H2,1-3H3,(H,13,14). The van der Waals surface area contributed by atoms with Crippen molar-refractivity contribution in [3.63, 3.8) is 0 Å². The number of hydrogen-bond donors (Lipinski definition) is 1. The molecule has 0 aliphatic heterocycles. The van der Waals surface area contributed by atoms with Crippen LogP contribution in [0, 0.1) is 6.92 Å². The average molecular weight is 296 g/mol. The number of hydrogen-bond acceptors (Lipinski definition) is 6. The maximum Gasteiger partial charge on any atom is 0.244 e. The molecule has 7 nitrogen and oxygen atoms in total. The van der Waals surface area contributed by atoms with Crippen molar-refractivity contribution in [2.24, 2.45) is 0 Å². The van der Waals surface area contributed by atoms with Crippen molar-refractivity contribution in [3.8, 4) is 0 Å². The van der Waals surface area contributed by atoms with E-state index >= 15 is 0 Å². The minimum absolute atomic E-state index is 0.153. The first-order chi connectivity index (χ1) is 9.39. The average Bonchev–Trinajstić information content (AvgIpc) is 2.82. The van der Waals surface area contributed by atoms with Crippen molar-refractivity contribution in [1.82, 2.24) is 14.3 Å². The van der Waals surface area contributed by atoms with Gasteiger partial charge >= 0.3 is 0 Å². The molecular weight excluding hydrogens is 280 g/mol. The van der Waals surface area contributed by atoms with Crippen molar-refractivity contribution in [2.45, 2.75) is 18.4 Å². The van der Waals surface area contributed by atoms with E-state index in [0.717, 1.165) is 10.1 Å². The first-order valence-electron chi connectivity index (χ1n) is 5.93. The second kappa shape index (κ2) is 5.59. The number of oxazole rings is 1. The Labute approximate surface area is 117 Å². The van der Waals surface area contributed by atoms with Gasteiger partial charge in [0.2, 0.25) is 15.9 Å². The third-order valence-corrected chi connectivity index (χ3v) is 4.40. The van der Waals surface area contributed by atoms with Gasteiger partial charge in [0.05, 0.1) is 12.7 Å². The lowest BCUT2D eigenvalue weighted by Crippen LogP contribution is -2.22. The van der Waals surface area contributed by atoms with Crippen LogP contribution in [0.4, 0.5) is 5.82 Å². The van der Waals surface area contributed by atoms with Crippen molar-refractivity contribution in [1.29, 1.82) is 0 Å². The van der Waals surface area contributed by atoms with Gasteiger partial charge in [-0.2, -0.15) is 0 Å². The predicted octanol–water partition coefficient (Wildman–Crippen LogP) is 1.24. The summed E-state index contributed by atoms with van der Waals surface area (Å²) in [7, 11) is -0.488. The zero-order chi connectivity index (χ0) is 14.8. The van der Waals surface area contributed by atoms with Crippen LogP contribution < -0.4 is 5.32 Å². The molecule has 2 aromatic heterocycles. The van der Waals surface area contributed by atoms with Gasteiger partial charge in [-0.25, -0.2) is 22.7 Å². The van der Waals surface area contributed by atoms with Crippen LogP contribution in [0.1, 0.15) is 11.7 Å². The number of nitrogens with zero attached hydrogens (tertiary/aromatic N) is 3. The van der Waals surface area contributed by atoms with Gasteiger partial charge in [0, 0.05) is 20.3 Å². The van der Waals surface area contributed by atoms with E-state index in [0.29, 0.717) is 18.3 Å². The summed E-state index contributed by atoms with van der Waals surface area (Å²) in [6, 6.07) is 3.11. The van der Waals surface area contributed by atoms with Crippen molar-refractivity contribution in [3.05, 3.63) is 36.2 Å². The Hall–Kier alpha value is -1.93. The van der Waals surface area contributed by atoms with Gasteiger partial charge in [-0.1, -0.05) is 0 Å². The molecule has 0 aliphatic carbocycles. The Balaban J connectivity index is 2.05. The van der Waals surface area contributed by atoms with E-state index in [9.17, 15) is 8.42 Å². The van der Waals surface area contributed by atoms with Crippen LogP contribution in [0.3, 0.4) is 0 Å². The van der Waals surface area contributed by atoms with E-state index < -0.39 is 10.0 Å². The number of anilines is 1. The molecule has 8 heteroatoms. The molecule has 0 aliphatic rings. The Kier molecular flexibility index (Phi) is 4.05. The Bertz CT molecular complexity index is 677. The molecule has 20 heavy (non-hydrogen) atoms. The SMILES string of the molecule is Cc1cnc(CNc2ccc(S(=O)(=O)N(C)C)cn2)o1. The fourth-order valence-electron chi connectivity index (χ4n) is 1.50. The minimum Gasteiger partial charge on any atom is -0.444 e. The number of pyridine rings is 1. The van der Waals surface area contributed by atoms with Gasteiger partial charge in [-0.3, -0.25) is 0 Å². The summed E-state index contributed by atoms with van der Waals surface area (Å²) in [5.74, 6) is 1.84. The molecule has 0 saturated carbocycles. The van der Waals surface area contributed by atoms with Crippen molar-refractivity contribution >= 4 is 15.8 Å². The lowest BCUT2D eigenvalue weighted by molar-refractivity contribution is 0.478. The monoisotopic (exact) mass is 296 g/mol. The molecule has 0 unspecified atom stereocenters. The third-order valence-electron chi connectivity index (χ3n) is 2.60. The fourth-order valence-corrected chi connectivity index (χ4v) is 2.35. The first kappa shape index (κ1) is 14.5. The van der Waals surface area contributed by atoms with Gasteiger partial charge in [0.15, 0.2) is 0 Å². The number of nitrogens with one attached hydrogen (secondary N) is 1. The highest BCUT2D eigenvalue weighted by Gasteiger charge is 2.17. The fraction of sp³-hybridized carbons (Fsp3) is 0.333. The van der Waals surface area contributed by atoms with E-state index in [1.54, 1.807) is 12.3 Å². The van der Waals surface area contributed by atoms with Gasteiger partial charge < -0.3 is 9.73 Å². The number of aryl methyl sites for hydroxylation is 1. The van der Waals surface area contributed by atoms with E-state index in [1.165, 1.54) is 26.4 Å². The molecule has 0 amide bonds. The molecule has 2 rings (SSSR count). The van der Waals surface area contributed by atoms with Gasteiger partial charge in [-0.15, -0.1) is 0 Å². The summed E-state index contributed by atoms with van der Waals surface area (Å²) >= 11 is 0. The summed E-state index contributed by atoms with van der Waals surface area (Å²) in [4.78, 5) is 8.27. The quantitative estimate of drug-likeness (QED) is 0.893. The molecular formula is C12H16N4O3S. The predicted molar refractivity (Wildman–Crippen MR) is 73.7 cm³/mol. The van der Waals surface area contributed by atoms with Crippen LogP contribution in [0.5, 0.6) is 0 Å². The summed E-state index contributed by atoms with van der Waals surface area (Å²) in [5.41, 5.74) is 0. The smallest absolute Gasteiger partial charge is 0.244 e. The van der Waals surface area contributed by atoms with Gasteiger partial charge in [0.25, 0.3) is 0 Å². The van der Waals surface area contributed by atoms with Crippen LogP contribution in [0.2, 0.25) is 0 Å². The van der Waals surface area contributed by atoms with E-state index in [-0.39, 0.29) is 4.90 Å².